The van der Waals surface area contributed by atoms with Gasteiger partial charge in [-0.25, -0.2) is 0 Å². The van der Waals surface area contributed by atoms with Gasteiger partial charge in [0.2, 0.25) is 0 Å². The summed E-state index contributed by atoms with van der Waals surface area (Å²) in [4.78, 5) is 2.39. The van der Waals surface area contributed by atoms with Gasteiger partial charge >= 0.3 is 0 Å². The second-order valence-corrected chi connectivity index (χ2v) is 6.08. The number of nitrogens with zero attached hydrogens (tertiary/aromatic N) is 2. The van der Waals surface area contributed by atoms with Crippen LogP contribution in [-0.4, -0.2) is 34.4 Å². The quantitative estimate of drug-likeness (QED) is 0.908. The minimum atomic E-state index is 0.251. The molecule has 1 aliphatic heterocycles. The van der Waals surface area contributed by atoms with Gasteiger partial charge in [-0.05, 0) is 44.6 Å². The predicted molar refractivity (Wildman–Crippen MR) is 72.8 cm³/mol. The number of aryl methyl sites for hydroxylation is 1. The summed E-state index contributed by atoms with van der Waals surface area (Å²) in [5, 5.41) is 13.9. The van der Waals surface area contributed by atoms with Gasteiger partial charge in [-0.15, -0.1) is 0 Å². The molecule has 0 bridgehead atoms. The third-order valence-corrected chi connectivity index (χ3v) is 4.80. The van der Waals surface area contributed by atoms with Gasteiger partial charge in [0.15, 0.2) is 0 Å². The molecule has 1 saturated heterocycles. The van der Waals surface area contributed by atoms with Crippen molar-refractivity contribution in [2.75, 3.05) is 13.2 Å². The van der Waals surface area contributed by atoms with E-state index in [1.807, 2.05) is 0 Å². The Labute approximate surface area is 114 Å². The second-order valence-electron chi connectivity index (χ2n) is 6.08. The number of aliphatic hydroxyl groups is 1. The van der Waals surface area contributed by atoms with Crippen LogP contribution in [0.25, 0.3) is 0 Å². The van der Waals surface area contributed by atoms with Gasteiger partial charge in [0.05, 0.1) is 6.61 Å². The molecule has 1 fully saturated rings. The highest BCUT2D eigenvalue weighted by molar-refractivity contribution is 5.25. The smallest absolute Gasteiger partial charge is 0.140 e. The standard InChI is InChI=1S/C15H24N2O2/c1-11-5-4-8-17(14(11)10-18)9-13-12-6-2-3-7-15(12)19-16-13/h11,14,18H,2-10H2,1H3. The molecule has 1 aliphatic carbocycles. The van der Waals surface area contributed by atoms with Crippen molar-refractivity contribution in [3.8, 4) is 0 Å². The monoisotopic (exact) mass is 264 g/mol. The van der Waals surface area contributed by atoms with E-state index in [9.17, 15) is 5.11 Å². The van der Waals surface area contributed by atoms with Crippen LogP contribution in [-0.2, 0) is 19.4 Å². The lowest BCUT2D eigenvalue weighted by molar-refractivity contribution is 0.0455. The highest BCUT2D eigenvalue weighted by Crippen LogP contribution is 2.28. The molecule has 1 aromatic rings. The van der Waals surface area contributed by atoms with Gasteiger partial charge < -0.3 is 9.63 Å². The molecular formula is C15H24N2O2. The lowest BCUT2D eigenvalue weighted by Crippen LogP contribution is -2.46. The summed E-state index contributed by atoms with van der Waals surface area (Å²) >= 11 is 0. The van der Waals surface area contributed by atoms with Crippen molar-refractivity contribution in [1.82, 2.24) is 10.1 Å². The van der Waals surface area contributed by atoms with Crippen molar-refractivity contribution >= 4 is 0 Å². The minimum Gasteiger partial charge on any atom is -0.395 e. The first-order valence-corrected chi connectivity index (χ1v) is 7.61. The molecule has 4 nitrogen and oxygen atoms in total. The zero-order valence-electron chi connectivity index (χ0n) is 11.8. The third kappa shape index (κ3) is 2.56. The fourth-order valence-electron chi connectivity index (χ4n) is 3.59. The first-order valence-electron chi connectivity index (χ1n) is 7.61. The maximum Gasteiger partial charge on any atom is 0.140 e. The van der Waals surface area contributed by atoms with Gasteiger partial charge in [-0.2, -0.15) is 0 Å². The maximum absolute atomic E-state index is 9.61. The Morgan fingerprint density at radius 2 is 2.16 bits per heavy atom. The molecule has 1 N–H and O–H groups in total. The van der Waals surface area contributed by atoms with E-state index in [1.54, 1.807) is 0 Å². The van der Waals surface area contributed by atoms with E-state index in [0.717, 1.165) is 37.4 Å². The third-order valence-electron chi connectivity index (χ3n) is 4.80. The maximum atomic E-state index is 9.61. The number of rotatable bonds is 3. The Balaban J connectivity index is 1.75. The van der Waals surface area contributed by atoms with Crippen LogP contribution in [0.2, 0.25) is 0 Å². The van der Waals surface area contributed by atoms with Crippen molar-refractivity contribution < 1.29 is 9.63 Å². The van der Waals surface area contributed by atoms with E-state index in [4.69, 9.17) is 4.52 Å². The molecular weight excluding hydrogens is 240 g/mol. The van der Waals surface area contributed by atoms with Crippen molar-refractivity contribution in [2.45, 2.75) is 58.0 Å². The average molecular weight is 264 g/mol. The first kappa shape index (κ1) is 13.1. The molecule has 2 unspecified atom stereocenters. The topological polar surface area (TPSA) is 49.5 Å². The zero-order valence-corrected chi connectivity index (χ0v) is 11.8. The van der Waals surface area contributed by atoms with Crippen LogP contribution in [0, 0.1) is 5.92 Å². The summed E-state index contributed by atoms with van der Waals surface area (Å²) in [6, 6.07) is 0.282. The lowest BCUT2D eigenvalue weighted by atomic mass is 9.90. The van der Waals surface area contributed by atoms with Crippen molar-refractivity contribution in [3.63, 3.8) is 0 Å². The number of aliphatic hydroxyl groups excluding tert-OH is 1. The van der Waals surface area contributed by atoms with E-state index < -0.39 is 0 Å². The number of hydrogen-bond donors (Lipinski definition) is 1. The molecule has 106 valence electrons. The molecule has 0 aromatic carbocycles. The molecule has 0 spiro atoms. The van der Waals surface area contributed by atoms with Crippen LogP contribution < -0.4 is 0 Å². The van der Waals surface area contributed by atoms with E-state index >= 15 is 0 Å². The Hall–Kier alpha value is -0.870. The summed E-state index contributed by atoms with van der Waals surface area (Å²) in [5.41, 5.74) is 2.46. The molecule has 2 aliphatic rings. The second kappa shape index (κ2) is 5.63. The molecule has 3 rings (SSSR count). The number of fused-ring (bicyclic) bond motifs is 1. The Morgan fingerprint density at radius 3 is 3.00 bits per heavy atom. The van der Waals surface area contributed by atoms with Crippen LogP contribution in [0.4, 0.5) is 0 Å². The summed E-state index contributed by atoms with van der Waals surface area (Å²) in [7, 11) is 0. The van der Waals surface area contributed by atoms with E-state index in [1.165, 1.54) is 31.2 Å². The zero-order chi connectivity index (χ0) is 13.2. The van der Waals surface area contributed by atoms with Crippen LogP contribution in [0.3, 0.4) is 0 Å². The van der Waals surface area contributed by atoms with Gasteiger partial charge in [0.1, 0.15) is 11.5 Å². The Morgan fingerprint density at radius 1 is 1.32 bits per heavy atom. The van der Waals surface area contributed by atoms with Crippen LogP contribution in [0.5, 0.6) is 0 Å². The van der Waals surface area contributed by atoms with Crippen LogP contribution in [0.1, 0.15) is 49.6 Å². The van der Waals surface area contributed by atoms with Gasteiger partial charge in [0.25, 0.3) is 0 Å². The summed E-state index contributed by atoms with van der Waals surface area (Å²) < 4.78 is 5.49. The lowest BCUT2D eigenvalue weighted by Gasteiger charge is -2.38. The predicted octanol–water partition coefficient (Wildman–Crippen LogP) is 2.15. The van der Waals surface area contributed by atoms with E-state index in [0.29, 0.717) is 5.92 Å². The van der Waals surface area contributed by atoms with E-state index in [-0.39, 0.29) is 12.6 Å². The minimum absolute atomic E-state index is 0.251. The van der Waals surface area contributed by atoms with Crippen molar-refractivity contribution in [2.24, 2.45) is 5.92 Å². The molecule has 2 atom stereocenters. The van der Waals surface area contributed by atoms with Crippen LogP contribution in [0.15, 0.2) is 4.52 Å². The number of piperidine rings is 1. The molecule has 0 saturated carbocycles. The van der Waals surface area contributed by atoms with Gasteiger partial charge in [-0.1, -0.05) is 12.1 Å². The largest absolute Gasteiger partial charge is 0.395 e. The molecule has 0 radical (unpaired) electrons. The molecule has 0 amide bonds. The summed E-state index contributed by atoms with van der Waals surface area (Å²) in [6.45, 7) is 4.40. The molecule has 2 heterocycles. The molecule has 19 heavy (non-hydrogen) atoms. The normalized spacial score (nSPS) is 28.3. The fourth-order valence-corrected chi connectivity index (χ4v) is 3.59. The number of likely N-dealkylation sites (tertiary alicyclic amines) is 1. The summed E-state index contributed by atoms with van der Waals surface area (Å²) in [5.74, 6) is 1.67. The Bertz CT molecular complexity index is 430. The molecule has 4 heteroatoms. The average Bonchev–Trinajstić information content (AvgIpc) is 2.83. The first-order chi connectivity index (χ1) is 9.29. The molecule has 1 aromatic heterocycles. The van der Waals surface area contributed by atoms with Crippen molar-refractivity contribution in [1.29, 1.82) is 0 Å². The number of aromatic nitrogens is 1. The highest BCUT2D eigenvalue weighted by atomic mass is 16.5. The van der Waals surface area contributed by atoms with E-state index in [2.05, 4.69) is 17.0 Å². The van der Waals surface area contributed by atoms with Crippen LogP contribution >= 0.6 is 0 Å². The SMILES string of the molecule is CC1CCCN(Cc2noc3c2CCCC3)C1CO. The van der Waals surface area contributed by atoms with Gasteiger partial charge in [-0.3, -0.25) is 4.90 Å². The highest BCUT2D eigenvalue weighted by Gasteiger charge is 2.30. The fraction of sp³-hybridized carbons (Fsp3) is 0.800. The summed E-state index contributed by atoms with van der Waals surface area (Å²) in [6.07, 6.45) is 7.07. The Kier molecular flexibility index (Phi) is 3.89. The van der Waals surface area contributed by atoms with Crippen molar-refractivity contribution in [3.05, 3.63) is 17.0 Å². The van der Waals surface area contributed by atoms with Gasteiger partial charge in [0, 0.05) is 24.6 Å². The number of hydrogen-bond acceptors (Lipinski definition) is 4.